The fourth-order valence-corrected chi connectivity index (χ4v) is 5.77. The number of aliphatic imine (C=N–C) groups is 2. The van der Waals surface area contributed by atoms with E-state index in [1.807, 2.05) is 13.8 Å². The molecular formula is C31H32N4O6S2Zn. The molecule has 0 aliphatic heterocycles. The van der Waals surface area contributed by atoms with Gasteiger partial charge in [0.25, 0.3) is 0 Å². The summed E-state index contributed by atoms with van der Waals surface area (Å²) in [5.41, 5.74) is 3.30. The second-order valence-corrected chi connectivity index (χ2v) is 12.7. The van der Waals surface area contributed by atoms with Gasteiger partial charge < -0.3 is 20.0 Å². The van der Waals surface area contributed by atoms with Crippen molar-refractivity contribution in [3.05, 3.63) is 129 Å². The van der Waals surface area contributed by atoms with Crippen LogP contribution in [0.3, 0.4) is 0 Å². The van der Waals surface area contributed by atoms with Crippen molar-refractivity contribution in [1.29, 1.82) is 0 Å². The second kappa shape index (κ2) is 16.4. The average Bonchev–Trinajstić information content (AvgIpc) is 2.95. The summed E-state index contributed by atoms with van der Waals surface area (Å²) in [6.45, 7) is 3.75. The van der Waals surface area contributed by atoms with E-state index in [1.54, 1.807) is 72.8 Å². The fraction of sp³-hybridized carbons (Fsp3) is 0.161. The van der Waals surface area contributed by atoms with Crippen molar-refractivity contribution in [3.63, 3.8) is 0 Å². The Balaban J connectivity index is 0.00000337. The van der Waals surface area contributed by atoms with E-state index in [-0.39, 0.29) is 59.2 Å². The van der Waals surface area contributed by atoms with E-state index in [4.69, 9.17) is 0 Å². The number of benzene rings is 4. The third-order valence-electron chi connectivity index (χ3n) is 6.04. The molecule has 0 atom stereocenters. The molecule has 4 aromatic carbocycles. The molecule has 3 N–H and O–H groups in total. The molecule has 0 saturated heterocycles. The number of aliphatic hydroxyl groups excluding tert-OH is 1. The van der Waals surface area contributed by atoms with Gasteiger partial charge >= 0.3 is 19.5 Å². The molecule has 4 rings (SSSR count). The second-order valence-electron chi connectivity index (χ2n) is 9.52. The Morgan fingerprint density at radius 1 is 0.636 bits per heavy atom. The summed E-state index contributed by atoms with van der Waals surface area (Å²) in [6.07, 6.45) is 1.99. The zero-order chi connectivity index (χ0) is 30.2. The molecule has 0 spiro atoms. The zero-order valence-electron chi connectivity index (χ0n) is 24.3. The summed E-state index contributed by atoms with van der Waals surface area (Å²) < 4.78 is 59.0. The van der Waals surface area contributed by atoms with Crippen molar-refractivity contribution in [1.82, 2.24) is 0 Å². The number of hydrogen-bond acceptors (Lipinski definition) is 7. The smallest absolute Gasteiger partial charge is 0.572 e. The molecule has 0 saturated carbocycles. The van der Waals surface area contributed by atoms with Crippen LogP contribution < -0.4 is 0 Å². The monoisotopic (exact) mass is 684 g/mol. The summed E-state index contributed by atoms with van der Waals surface area (Å²) >= 11 is 0. The van der Waals surface area contributed by atoms with Gasteiger partial charge in [0.15, 0.2) is 0 Å². The number of rotatable bonds is 12. The predicted molar refractivity (Wildman–Crippen MR) is 170 cm³/mol. The van der Waals surface area contributed by atoms with Crippen molar-refractivity contribution in [2.45, 2.75) is 29.7 Å². The molecule has 13 heteroatoms. The predicted octanol–water partition coefficient (Wildman–Crippen LogP) is 5.16. The molecule has 0 aliphatic carbocycles. The summed E-state index contributed by atoms with van der Waals surface area (Å²) in [4.78, 5) is 8.68. The van der Waals surface area contributed by atoms with Gasteiger partial charge in [-0.2, -0.15) is 0 Å². The fourth-order valence-electron chi connectivity index (χ4n) is 3.75. The molecule has 0 aliphatic rings. The Labute approximate surface area is 271 Å². The number of sulfonamides is 2. The van der Waals surface area contributed by atoms with Crippen LogP contribution in [-0.2, 0) is 39.5 Å². The quantitative estimate of drug-likeness (QED) is 0.160. The van der Waals surface area contributed by atoms with Crippen LogP contribution in [0.4, 0.5) is 11.4 Å². The van der Waals surface area contributed by atoms with Crippen molar-refractivity contribution < 1.29 is 46.9 Å². The van der Waals surface area contributed by atoms with Crippen LogP contribution in [0.1, 0.15) is 22.3 Å². The van der Waals surface area contributed by atoms with Crippen molar-refractivity contribution >= 4 is 43.9 Å². The maximum Gasteiger partial charge on any atom is 2.00 e. The van der Waals surface area contributed by atoms with Gasteiger partial charge in [0.2, 0.25) is 0 Å². The minimum absolute atomic E-state index is 0. The number of aryl methyl sites for hydroxylation is 2. The summed E-state index contributed by atoms with van der Waals surface area (Å²) in [6, 6.07) is 26.2. The Hall–Kier alpha value is -3.74. The van der Waals surface area contributed by atoms with Crippen LogP contribution in [0.25, 0.3) is 9.44 Å². The first-order chi connectivity index (χ1) is 20.0. The molecule has 10 nitrogen and oxygen atoms in total. The first kappa shape index (κ1) is 36.5. The van der Waals surface area contributed by atoms with Gasteiger partial charge in [0.05, 0.1) is 29.0 Å². The van der Waals surface area contributed by atoms with E-state index >= 15 is 0 Å². The normalized spacial score (nSPS) is 12.3. The average molecular weight is 686 g/mol. The minimum atomic E-state index is -3.92. The minimum Gasteiger partial charge on any atom is -0.572 e. The first-order valence-electron chi connectivity index (χ1n) is 13.0. The van der Waals surface area contributed by atoms with Crippen molar-refractivity contribution in [3.8, 4) is 0 Å². The molecule has 226 valence electrons. The molecule has 0 bridgehead atoms. The van der Waals surface area contributed by atoms with Gasteiger partial charge in [-0.3, -0.25) is 9.98 Å². The van der Waals surface area contributed by atoms with Crippen LogP contribution >= 0.6 is 0 Å². The Bertz CT molecular complexity index is 1660. The SMILES string of the molecule is Cc1ccc(S(=O)(=O)[N-]c2ccccc2C=NCC(O)CN=Cc2ccccc2[N-]S(=O)(=O)c2ccc(C)cc2)cc1.O.[Zn+2]. The summed E-state index contributed by atoms with van der Waals surface area (Å²) in [5, 5.41) is 10.4. The maximum absolute atomic E-state index is 12.8. The van der Waals surface area contributed by atoms with Gasteiger partial charge in [-0.1, -0.05) is 83.9 Å². The van der Waals surface area contributed by atoms with Gasteiger partial charge in [-0.05, 0) is 49.2 Å². The van der Waals surface area contributed by atoms with E-state index in [9.17, 15) is 21.9 Å². The summed E-state index contributed by atoms with van der Waals surface area (Å²) in [5.74, 6) is 0. The van der Waals surface area contributed by atoms with Gasteiger partial charge in [-0.15, -0.1) is 11.4 Å². The van der Waals surface area contributed by atoms with E-state index in [2.05, 4.69) is 19.4 Å². The standard InChI is InChI=1S/C31H30N4O5S2.H2O.Zn/c1-23-11-15-28(16-12-23)41(37,38)34-30-9-5-3-7-25(30)19-32-21-27(36)22-33-20-26-8-4-6-10-31(26)35-42(39,40)29-17-13-24(2)14-18-29;;/h3-20,27,36H,21-22H2,1-2H3;1H2;/q-2;;+2. The van der Waals surface area contributed by atoms with E-state index < -0.39 is 26.2 Å². The topological polar surface area (TPSA) is 173 Å². The molecule has 0 amide bonds. The van der Waals surface area contributed by atoms with Gasteiger partial charge in [0.1, 0.15) is 20.0 Å². The Morgan fingerprint density at radius 3 is 1.34 bits per heavy atom. The van der Waals surface area contributed by atoms with Crippen LogP contribution in [0.5, 0.6) is 0 Å². The molecule has 0 fully saturated rings. The Morgan fingerprint density at radius 2 is 0.977 bits per heavy atom. The molecule has 44 heavy (non-hydrogen) atoms. The van der Waals surface area contributed by atoms with Crippen LogP contribution in [0.2, 0.25) is 0 Å². The zero-order valence-corrected chi connectivity index (χ0v) is 28.9. The number of aliphatic hydroxyl groups is 1. The number of nitrogens with zero attached hydrogens (tertiary/aromatic N) is 4. The molecule has 0 aromatic heterocycles. The first-order valence-corrected chi connectivity index (χ1v) is 15.9. The molecule has 0 radical (unpaired) electrons. The van der Waals surface area contributed by atoms with Crippen molar-refractivity contribution in [2.24, 2.45) is 9.98 Å². The molecule has 0 unspecified atom stereocenters. The van der Waals surface area contributed by atoms with Crippen molar-refractivity contribution in [2.75, 3.05) is 13.1 Å². The van der Waals surface area contributed by atoms with E-state index in [0.717, 1.165) is 11.1 Å². The van der Waals surface area contributed by atoms with Crippen LogP contribution in [0, 0.1) is 13.8 Å². The maximum atomic E-state index is 12.8. The van der Waals surface area contributed by atoms with Gasteiger partial charge in [-0.25, -0.2) is 16.8 Å². The molecule has 0 heterocycles. The largest absolute Gasteiger partial charge is 2.00 e. The Kier molecular flexibility index (Phi) is 13.6. The summed E-state index contributed by atoms with van der Waals surface area (Å²) in [7, 11) is -7.83. The van der Waals surface area contributed by atoms with E-state index in [1.165, 1.54) is 36.7 Å². The molecule has 4 aromatic rings. The van der Waals surface area contributed by atoms with Crippen LogP contribution in [-0.4, -0.2) is 59.0 Å². The molecular weight excluding hydrogens is 654 g/mol. The van der Waals surface area contributed by atoms with Gasteiger partial charge in [0, 0.05) is 12.4 Å². The number of hydrogen-bond donors (Lipinski definition) is 1. The van der Waals surface area contributed by atoms with Crippen LogP contribution in [0.15, 0.2) is 117 Å². The van der Waals surface area contributed by atoms with E-state index in [0.29, 0.717) is 11.1 Å². The third-order valence-corrected chi connectivity index (χ3v) is 8.65. The third kappa shape index (κ3) is 10.2.